The van der Waals surface area contributed by atoms with Gasteiger partial charge in [-0.2, -0.15) is 0 Å². The highest BCUT2D eigenvalue weighted by atomic mass is 16.6. The average molecular weight is 381 g/mol. The Morgan fingerprint density at radius 1 is 1.00 bits per heavy atom. The maximum absolute atomic E-state index is 12.7. The summed E-state index contributed by atoms with van der Waals surface area (Å²) >= 11 is 0. The highest BCUT2D eigenvalue weighted by Gasteiger charge is 2.26. The van der Waals surface area contributed by atoms with Gasteiger partial charge in [0.05, 0.1) is 6.04 Å². The minimum atomic E-state index is -0.188. The molecular weight excluding hydrogens is 354 g/mol. The zero-order valence-corrected chi connectivity index (χ0v) is 16.5. The van der Waals surface area contributed by atoms with Crippen molar-refractivity contribution in [2.45, 2.75) is 19.9 Å². The van der Waals surface area contributed by atoms with Gasteiger partial charge in [-0.25, -0.2) is 0 Å². The monoisotopic (exact) mass is 381 g/mol. The van der Waals surface area contributed by atoms with Gasteiger partial charge in [-0.1, -0.05) is 18.2 Å². The second-order valence-corrected chi connectivity index (χ2v) is 7.33. The Morgan fingerprint density at radius 3 is 2.46 bits per heavy atom. The van der Waals surface area contributed by atoms with E-state index in [-0.39, 0.29) is 11.9 Å². The Balaban J connectivity index is 1.34. The Bertz CT molecular complexity index is 847. The van der Waals surface area contributed by atoms with Crippen LogP contribution in [-0.4, -0.2) is 56.2 Å². The van der Waals surface area contributed by atoms with E-state index in [1.54, 1.807) is 0 Å². The van der Waals surface area contributed by atoms with Gasteiger partial charge in [0.25, 0.3) is 0 Å². The maximum Gasteiger partial charge on any atom is 0.241 e. The molecule has 1 saturated heterocycles. The number of para-hydroxylation sites is 1. The number of aryl methyl sites for hydroxylation is 1. The zero-order chi connectivity index (χ0) is 19.5. The molecule has 1 amide bonds. The summed E-state index contributed by atoms with van der Waals surface area (Å²) in [6.45, 7) is 8.78. The van der Waals surface area contributed by atoms with Crippen LogP contribution in [0.3, 0.4) is 0 Å². The number of anilines is 2. The lowest BCUT2D eigenvalue weighted by atomic mass is 10.1. The number of nitrogens with zero attached hydrogens (tertiary/aromatic N) is 2. The van der Waals surface area contributed by atoms with E-state index < -0.39 is 0 Å². The molecule has 1 fully saturated rings. The van der Waals surface area contributed by atoms with Crippen LogP contribution >= 0.6 is 0 Å². The fraction of sp³-hybridized carbons (Fsp3) is 0.409. The molecule has 6 nitrogen and oxygen atoms in total. The van der Waals surface area contributed by atoms with Crippen LogP contribution in [0.15, 0.2) is 42.5 Å². The Hall–Kier alpha value is -2.73. The Morgan fingerprint density at radius 2 is 1.71 bits per heavy atom. The van der Waals surface area contributed by atoms with Gasteiger partial charge in [0.2, 0.25) is 5.91 Å². The number of carbonyl (C=O) groups is 1. The lowest BCUT2D eigenvalue weighted by Gasteiger charge is -2.39. The van der Waals surface area contributed by atoms with Gasteiger partial charge in [0.1, 0.15) is 13.2 Å². The molecule has 1 N–H and O–H groups in total. The van der Waals surface area contributed by atoms with E-state index in [1.807, 2.05) is 25.1 Å². The highest BCUT2D eigenvalue weighted by Crippen LogP contribution is 2.32. The maximum atomic E-state index is 12.7. The summed E-state index contributed by atoms with van der Waals surface area (Å²) in [6.07, 6.45) is 0. The molecule has 6 heteroatoms. The Labute approximate surface area is 166 Å². The van der Waals surface area contributed by atoms with E-state index >= 15 is 0 Å². The number of ether oxygens (including phenoxy) is 2. The van der Waals surface area contributed by atoms with Gasteiger partial charge in [0, 0.05) is 43.6 Å². The number of hydrogen-bond donors (Lipinski definition) is 1. The number of amides is 1. The summed E-state index contributed by atoms with van der Waals surface area (Å²) in [5.74, 6) is 1.41. The molecule has 0 saturated carbocycles. The average Bonchev–Trinajstić information content (AvgIpc) is 2.73. The molecule has 1 atom stereocenters. The topological polar surface area (TPSA) is 54.0 Å². The molecule has 0 aliphatic carbocycles. The van der Waals surface area contributed by atoms with Gasteiger partial charge in [-0.05, 0) is 37.6 Å². The molecule has 0 radical (unpaired) electrons. The van der Waals surface area contributed by atoms with Crippen LogP contribution in [0.5, 0.6) is 11.5 Å². The minimum Gasteiger partial charge on any atom is -0.486 e. The molecule has 2 aromatic rings. The smallest absolute Gasteiger partial charge is 0.241 e. The first kappa shape index (κ1) is 18.6. The van der Waals surface area contributed by atoms with Crippen LogP contribution in [0.25, 0.3) is 0 Å². The van der Waals surface area contributed by atoms with Crippen LogP contribution in [0, 0.1) is 6.92 Å². The van der Waals surface area contributed by atoms with Crippen molar-refractivity contribution in [3.63, 3.8) is 0 Å². The van der Waals surface area contributed by atoms with Gasteiger partial charge in [-0.15, -0.1) is 0 Å². The van der Waals surface area contributed by atoms with E-state index in [9.17, 15) is 4.79 Å². The van der Waals surface area contributed by atoms with Crippen LogP contribution in [-0.2, 0) is 4.79 Å². The SMILES string of the molecule is Cc1ccccc1N1CCN([C@@H](C)C(=O)Nc2ccc3c(c2)OCCO3)CC1. The predicted octanol–water partition coefficient (Wildman–Crippen LogP) is 2.92. The molecule has 0 unspecified atom stereocenters. The number of carbonyl (C=O) groups excluding carboxylic acids is 1. The van der Waals surface area contributed by atoms with Gasteiger partial charge in [0.15, 0.2) is 11.5 Å². The van der Waals surface area contributed by atoms with Gasteiger partial charge >= 0.3 is 0 Å². The van der Waals surface area contributed by atoms with E-state index in [2.05, 4.69) is 46.3 Å². The number of piperazine rings is 1. The van der Waals surface area contributed by atoms with Crippen LogP contribution in [0.1, 0.15) is 12.5 Å². The van der Waals surface area contributed by atoms with Crippen LogP contribution < -0.4 is 19.7 Å². The largest absolute Gasteiger partial charge is 0.486 e. The molecule has 28 heavy (non-hydrogen) atoms. The molecule has 2 heterocycles. The Kier molecular flexibility index (Phi) is 5.39. The lowest BCUT2D eigenvalue weighted by molar-refractivity contribution is -0.120. The number of benzene rings is 2. The molecule has 148 valence electrons. The summed E-state index contributed by atoms with van der Waals surface area (Å²) in [7, 11) is 0. The third-order valence-electron chi connectivity index (χ3n) is 5.51. The van der Waals surface area contributed by atoms with Gasteiger partial charge in [-0.3, -0.25) is 9.69 Å². The number of hydrogen-bond acceptors (Lipinski definition) is 5. The second-order valence-electron chi connectivity index (χ2n) is 7.33. The molecule has 4 rings (SSSR count). The van der Waals surface area contributed by atoms with Crippen molar-refractivity contribution in [2.75, 3.05) is 49.6 Å². The quantitative estimate of drug-likeness (QED) is 0.883. The van der Waals surface area contributed by atoms with E-state index in [0.717, 1.165) is 37.6 Å². The molecule has 2 aliphatic heterocycles. The zero-order valence-electron chi connectivity index (χ0n) is 16.5. The van der Waals surface area contributed by atoms with Crippen molar-refractivity contribution in [2.24, 2.45) is 0 Å². The fourth-order valence-electron chi connectivity index (χ4n) is 3.80. The molecule has 0 spiro atoms. The second kappa shape index (κ2) is 8.10. The fourth-order valence-corrected chi connectivity index (χ4v) is 3.80. The normalized spacial score (nSPS) is 17.9. The van der Waals surface area contributed by atoms with Crippen molar-refractivity contribution in [1.29, 1.82) is 0 Å². The number of fused-ring (bicyclic) bond motifs is 1. The third-order valence-corrected chi connectivity index (χ3v) is 5.51. The van der Waals surface area contributed by atoms with Crippen molar-refractivity contribution in [1.82, 2.24) is 4.90 Å². The predicted molar refractivity (Wildman–Crippen MR) is 110 cm³/mol. The van der Waals surface area contributed by atoms with E-state index in [4.69, 9.17) is 9.47 Å². The highest BCUT2D eigenvalue weighted by molar-refractivity contribution is 5.94. The summed E-state index contributed by atoms with van der Waals surface area (Å²) in [5.41, 5.74) is 3.32. The number of nitrogens with one attached hydrogen (secondary N) is 1. The first-order valence-electron chi connectivity index (χ1n) is 9.87. The molecule has 0 bridgehead atoms. The standard InChI is InChI=1S/C22H27N3O3/c1-16-5-3-4-6-19(16)25-11-9-24(10-12-25)17(2)22(26)23-18-7-8-20-21(15-18)28-14-13-27-20/h3-8,15,17H,9-14H2,1-2H3,(H,23,26)/t17-/m0/s1. The van der Waals surface area contributed by atoms with E-state index in [0.29, 0.717) is 19.0 Å². The van der Waals surface area contributed by atoms with Crippen LogP contribution in [0.2, 0.25) is 0 Å². The summed E-state index contributed by atoms with van der Waals surface area (Å²) in [5, 5.41) is 3.01. The van der Waals surface area contributed by atoms with Crippen LogP contribution in [0.4, 0.5) is 11.4 Å². The van der Waals surface area contributed by atoms with Crippen molar-refractivity contribution < 1.29 is 14.3 Å². The number of rotatable bonds is 4. The summed E-state index contributed by atoms with van der Waals surface area (Å²) in [4.78, 5) is 17.4. The van der Waals surface area contributed by atoms with E-state index in [1.165, 1.54) is 11.3 Å². The summed E-state index contributed by atoms with van der Waals surface area (Å²) in [6, 6.07) is 13.8. The summed E-state index contributed by atoms with van der Waals surface area (Å²) < 4.78 is 11.1. The minimum absolute atomic E-state index is 0.000944. The first-order valence-corrected chi connectivity index (χ1v) is 9.87. The van der Waals surface area contributed by atoms with Crippen molar-refractivity contribution >= 4 is 17.3 Å². The lowest BCUT2D eigenvalue weighted by Crippen LogP contribution is -2.53. The van der Waals surface area contributed by atoms with Crippen molar-refractivity contribution in [3.8, 4) is 11.5 Å². The van der Waals surface area contributed by atoms with Crippen molar-refractivity contribution in [3.05, 3.63) is 48.0 Å². The molecule has 2 aromatic carbocycles. The molecule has 0 aromatic heterocycles. The third kappa shape index (κ3) is 3.92. The molecule has 2 aliphatic rings. The first-order chi connectivity index (χ1) is 13.6. The van der Waals surface area contributed by atoms with Gasteiger partial charge < -0.3 is 19.7 Å². The molecular formula is C22H27N3O3.